The molecule has 0 aliphatic rings. The van der Waals surface area contributed by atoms with Gasteiger partial charge in [-0.25, -0.2) is 9.78 Å². The zero-order chi connectivity index (χ0) is 13.4. The highest BCUT2D eigenvalue weighted by Crippen LogP contribution is 2.20. The third kappa shape index (κ3) is 5.01. The molecule has 1 heterocycles. The molecule has 0 aliphatic heterocycles. The molecular weight excluding hydrogens is 234 g/mol. The van der Waals surface area contributed by atoms with Gasteiger partial charge in [0.1, 0.15) is 12.3 Å². The molecule has 0 saturated carbocycles. The Morgan fingerprint density at radius 3 is 2.89 bits per heavy atom. The summed E-state index contributed by atoms with van der Waals surface area (Å²) in [6.45, 7) is 4.62. The van der Waals surface area contributed by atoms with Crippen LogP contribution in [0.15, 0.2) is 18.3 Å². The quantitative estimate of drug-likeness (QED) is 0.756. The number of urea groups is 1. The molecule has 0 saturated heterocycles. The van der Waals surface area contributed by atoms with E-state index >= 15 is 0 Å². The standard InChI is InChI=1S/C12H19N3O3/c1-9(2)14-12(16)15-10-5-4-6-13-11(10)18-8-7-17-3/h4-6,9H,7-8H2,1-3H3,(H2,14,15,16). The fourth-order valence-corrected chi connectivity index (χ4v) is 1.24. The average Bonchev–Trinajstić information content (AvgIpc) is 2.30. The zero-order valence-corrected chi connectivity index (χ0v) is 10.9. The summed E-state index contributed by atoms with van der Waals surface area (Å²) in [4.78, 5) is 15.6. The van der Waals surface area contributed by atoms with E-state index in [9.17, 15) is 4.79 Å². The van der Waals surface area contributed by atoms with Gasteiger partial charge in [0.05, 0.1) is 6.61 Å². The Balaban J connectivity index is 2.61. The fourth-order valence-electron chi connectivity index (χ4n) is 1.24. The number of carbonyl (C=O) groups is 1. The van der Waals surface area contributed by atoms with Gasteiger partial charge in [-0.2, -0.15) is 0 Å². The molecule has 100 valence electrons. The van der Waals surface area contributed by atoms with Gasteiger partial charge < -0.3 is 20.1 Å². The van der Waals surface area contributed by atoms with Gasteiger partial charge in [0.2, 0.25) is 5.88 Å². The maximum atomic E-state index is 11.6. The van der Waals surface area contributed by atoms with Crippen molar-refractivity contribution in [2.75, 3.05) is 25.6 Å². The third-order valence-electron chi connectivity index (χ3n) is 1.97. The van der Waals surface area contributed by atoms with E-state index in [2.05, 4.69) is 15.6 Å². The summed E-state index contributed by atoms with van der Waals surface area (Å²) >= 11 is 0. The molecular formula is C12H19N3O3. The second-order valence-electron chi connectivity index (χ2n) is 3.95. The summed E-state index contributed by atoms with van der Waals surface area (Å²) in [5.74, 6) is 0.383. The lowest BCUT2D eigenvalue weighted by molar-refractivity contribution is 0.144. The second-order valence-corrected chi connectivity index (χ2v) is 3.95. The number of ether oxygens (including phenoxy) is 2. The lowest BCUT2D eigenvalue weighted by Crippen LogP contribution is -2.34. The largest absolute Gasteiger partial charge is 0.474 e. The number of aromatic nitrogens is 1. The molecule has 1 aromatic rings. The van der Waals surface area contributed by atoms with E-state index in [1.807, 2.05) is 13.8 Å². The van der Waals surface area contributed by atoms with Crippen LogP contribution in [0, 0.1) is 0 Å². The van der Waals surface area contributed by atoms with E-state index in [1.165, 1.54) is 0 Å². The lowest BCUT2D eigenvalue weighted by Gasteiger charge is -2.13. The average molecular weight is 253 g/mol. The van der Waals surface area contributed by atoms with E-state index in [1.54, 1.807) is 25.4 Å². The summed E-state index contributed by atoms with van der Waals surface area (Å²) < 4.78 is 10.3. The first kappa shape index (κ1) is 14.2. The molecule has 1 aromatic heterocycles. The van der Waals surface area contributed by atoms with Crippen LogP contribution in [0.25, 0.3) is 0 Å². The van der Waals surface area contributed by atoms with Gasteiger partial charge in [-0.3, -0.25) is 0 Å². The van der Waals surface area contributed by atoms with Gasteiger partial charge in [0.25, 0.3) is 0 Å². The Morgan fingerprint density at radius 2 is 2.22 bits per heavy atom. The van der Waals surface area contributed by atoms with Crippen LogP contribution >= 0.6 is 0 Å². The van der Waals surface area contributed by atoms with E-state index in [0.29, 0.717) is 24.8 Å². The number of amides is 2. The van der Waals surface area contributed by atoms with Crippen LogP contribution in [-0.2, 0) is 4.74 Å². The topological polar surface area (TPSA) is 72.5 Å². The molecule has 18 heavy (non-hydrogen) atoms. The normalized spacial score (nSPS) is 10.2. The van der Waals surface area contributed by atoms with Crippen molar-refractivity contribution in [1.82, 2.24) is 10.3 Å². The van der Waals surface area contributed by atoms with E-state index in [-0.39, 0.29) is 12.1 Å². The fraction of sp³-hybridized carbons (Fsp3) is 0.500. The molecule has 0 fully saturated rings. The minimum Gasteiger partial charge on any atom is -0.474 e. The summed E-state index contributed by atoms with van der Waals surface area (Å²) in [7, 11) is 1.59. The van der Waals surface area contributed by atoms with E-state index in [4.69, 9.17) is 9.47 Å². The van der Waals surface area contributed by atoms with Crippen LogP contribution in [0.3, 0.4) is 0 Å². The summed E-state index contributed by atoms with van der Waals surface area (Å²) in [5.41, 5.74) is 0.534. The van der Waals surface area contributed by atoms with Gasteiger partial charge in [-0.1, -0.05) is 0 Å². The van der Waals surface area contributed by atoms with Crippen molar-refractivity contribution in [3.05, 3.63) is 18.3 Å². The minimum atomic E-state index is -0.283. The number of hydrogen-bond donors (Lipinski definition) is 2. The van der Waals surface area contributed by atoms with Gasteiger partial charge in [0.15, 0.2) is 0 Å². The van der Waals surface area contributed by atoms with Gasteiger partial charge in [0, 0.05) is 19.3 Å². The first-order chi connectivity index (χ1) is 8.63. The second kappa shape index (κ2) is 7.50. The molecule has 2 N–H and O–H groups in total. The minimum absolute atomic E-state index is 0.0690. The SMILES string of the molecule is COCCOc1ncccc1NC(=O)NC(C)C. The van der Waals surface area contributed by atoms with E-state index < -0.39 is 0 Å². The molecule has 0 atom stereocenters. The number of rotatable bonds is 6. The number of nitrogens with one attached hydrogen (secondary N) is 2. The first-order valence-electron chi connectivity index (χ1n) is 5.77. The van der Waals surface area contributed by atoms with Crippen LogP contribution in [0.1, 0.15) is 13.8 Å². The van der Waals surface area contributed by atoms with Crippen molar-refractivity contribution in [3.63, 3.8) is 0 Å². The molecule has 0 unspecified atom stereocenters. The van der Waals surface area contributed by atoms with Gasteiger partial charge in [-0.15, -0.1) is 0 Å². The molecule has 0 aliphatic carbocycles. The van der Waals surface area contributed by atoms with Crippen molar-refractivity contribution in [3.8, 4) is 5.88 Å². The van der Waals surface area contributed by atoms with Crippen LogP contribution in [0.5, 0.6) is 5.88 Å². The van der Waals surface area contributed by atoms with Crippen molar-refractivity contribution in [1.29, 1.82) is 0 Å². The maximum Gasteiger partial charge on any atom is 0.319 e. The zero-order valence-electron chi connectivity index (χ0n) is 10.9. The van der Waals surface area contributed by atoms with Gasteiger partial charge >= 0.3 is 6.03 Å². The molecule has 6 heteroatoms. The Kier molecular flexibility index (Phi) is 5.93. The summed E-state index contributed by atoms with van der Waals surface area (Å²) in [5, 5.41) is 5.42. The smallest absolute Gasteiger partial charge is 0.319 e. The summed E-state index contributed by atoms with van der Waals surface area (Å²) in [6.07, 6.45) is 1.60. The third-order valence-corrected chi connectivity index (χ3v) is 1.97. The first-order valence-corrected chi connectivity index (χ1v) is 5.77. The van der Waals surface area contributed by atoms with Crippen molar-refractivity contribution in [2.45, 2.75) is 19.9 Å². The maximum absolute atomic E-state index is 11.6. The Bertz CT molecular complexity index is 383. The highest BCUT2D eigenvalue weighted by molar-refractivity contribution is 5.90. The van der Waals surface area contributed by atoms with Crippen molar-refractivity contribution in [2.24, 2.45) is 0 Å². The summed E-state index contributed by atoms with van der Waals surface area (Å²) in [6, 6.07) is 3.25. The highest BCUT2D eigenvalue weighted by atomic mass is 16.5. The number of nitrogens with zero attached hydrogens (tertiary/aromatic N) is 1. The molecule has 0 radical (unpaired) electrons. The predicted octanol–water partition coefficient (Wildman–Crippen LogP) is 1.64. The van der Waals surface area contributed by atoms with Crippen LogP contribution in [0.4, 0.5) is 10.5 Å². The van der Waals surface area contributed by atoms with E-state index in [0.717, 1.165) is 0 Å². The predicted molar refractivity (Wildman–Crippen MR) is 68.9 cm³/mol. The van der Waals surface area contributed by atoms with Crippen molar-refractivity contribution >= 4 is 11.7 Å². The molecule has 0 aromatic carbocycles. The number of anilines is 1. The number of carbonyl (C=O) groups excluding carboxylic acids is 1. The molecule has 6 nitrogen and oxygen atoms in total. The molecule has 0 bridgehead atoms. The number of pyridine rings is 1. The molecule has 1 rings (SSSR count). The molecule has 2 amide bonds. The van der Waals surface area contributed by atoms with Gasteiger partial charge in [-0.05, 0) is 26.0 Å². The van der Waals surface area contributed by atoms with Crippen molar-refractivity contribution < 1.29 is 14.3 Å². The van der Waals surface area contributed by atoms with Crippen LogP contribution < -0.4 is 15.4 Å². The number of methoxy groups -OCH3 is 1. The lowest BCUT2D eigenvalue weighted by atomic mass is 10.4. The number of hydrogen-bond acceptors (Lipinski definition) is 4. The van der Waals surface area contributed by atoms with Crippen LogP contribution in [0.2, 0.25) is 0 Å². The Hall–Kier alpha value is -1.82. The Labute approximate surface area is 107 Å². The molecule has 0 spiro atoms. The highest BCUT2D eigenvalue weighted by Gasteiger charge is 2.09. The monoisotopic (exact) mass is 253 g/mol. The Morgan fingerprint density at radius 1 is 1.44 bits per heavy atom. The van der Waals surface area contributed by atoms with Crippen LogP contribution in [-0.4, -0.2) is 37.4 Å².